The fourth-order valence-electron chi connectivity index (χ4n) is 3.63. The molecule has 0 bridgehead atoms. The Labute approximate surface area is 183 Å². The van der Waals surface area contributed by atoms with Gasteiger partial charge in [0.05, 0.1) is 17.9 Å². The predicted octanol–water partition coefficient (Wildman–Crippen LogP) is 3.68. The number of esters is 1. The second kappa shape index (κ2) is 9.22. The summed E-state index contributed by atoms with van der Waals surface area (Å²) in [6, 6.07) is 7.49. The minimum atomic E-state index is -0.372. The van der Waals surface area contributed by atoms with Crippen molar-refractivity contribution >= 4 is 34.3 Å². The molecule has 8 nitrogen and oxygen atoms in total. The number of nitrogens with zero attached hydrogens (tertiary/aromatic N) is 4. The smallest absolute Gasteiger partial charge is 0.341 e. The second-order valence-corrected chi connectivity index (χ2v) is 8.55. The maximum Gasteiger partial charge on any atom is 0.341 e. The highest BCUT2D eigenvalue weighted by molar-refractivity contribution is 7.17. The molecule has 9 heteroatoms. The van der Waals surface area contributed by atoms with E-state index in [0.29, 0.717) is 23.1 Å². The van der Waals surface area contributed by atoms with Crippen molar-refractivity contribution in [1.82, 2.24) is 20.2 Å². The van der Waals surface area contributed by atoms with E-state index in [9.17, 15) is 9.59 Å². The third kappa shape index (κ3) is 4.72. The van der Waals surface area contributed by atoms with Gasteiger partial charge in [0.1, 0.15) is 11.3 Å². The molecule has 1 unspecified atom stereocenters. The normalized spacial score (nSPS) is 15.6. The Morgan fingerprint density at radius 2 is 2.26 bits per heavy atom. The highest BCUT2D eigenvalue weighted by atomic mass is 32.1. The summed E-state index contributed by atoms with van der Waals surface area (Å²) in [5.74, 6) is -0.106. The summed E-state index contributed by atoms with van der Waals surface area (Å²) in [7, 11) is 0. The fraction of sp³-hybridized carbons (Fsp3) is 0.318. The number of nitrogens with one attached hydrogen (secondary N) is 1. The van der Waals surface area contributed by atoms with Crippen LogP contribution >= 0.6 is 11.3 Å². The van der Waals surface area contributed by atoms with Crippen LogP contribution in [-0.2, 0) is 22.4 Å². The number of hydrogen-bond donors (Lipinski definition) is 1. The molecule has 2 heterocycles. The summed E-state index contributed by atoms with van der Waals surface area (Å²) in [4.78, 5) is 26.4. The first-order chi connectivity index (χ1) is 15.0. The van der Waals surface area contributed by atoms with Crippen LogP contribution in [0.3, 0.4) is 0 Å². The third-order valence-corrected chi connectivity index (χ3v) is 6.31. The number of thiophene rings is 1. The molecule has 0 aliphatic heterocycles. The fourth-order valence-corrected chi connectivity index (χ4v) is 5.04. The largest absolute Gasteiger partial charge is 0.462 e. The average Bonchev–Trinajstić information content (AvgIpc) is 3.40. The van der Waals surface area contributed by atoms with Crippen molar-refractivity contribution in [3.63, 3.8) is 0 Å². The Balaban J connectivity index is 1.53. The highest BCUT2D eigenvalue weighted by Crippen LogP contribution is 2.40. The van der Waals surface area contributed by atoms with Gasteiger partial charge in [0, 0.05) is 11.0 Å². The van der Waals surface area contributed by atoms with Crippen LogP contribution in [0.2, 0.25) is 0 Å². The Kier molecular flexibility index (Phi) is 6.22. The Bertz CT molecular complexity index is 1120. The van der Waals surface area contributed by atoms with E-state index in [0.717, 1.165) is 41.0 Å². The second-order valence-electron chi connectivity index (χ2n) is 7.45. The van der Waals surface area contributed by atoms with E-state index in [1.807, 2.05) is 24.3 Å². The van der Waals surface area contributed by atoms with Crippen LogP contribution in [0, 0.1) is 5.92 Å². The van der Waals surface area contributed by atoms with Crippen LogP contribution in [0.15, 0.2) is 36.7 Å². The standard InChI is InChI=1S/C22H23N5O3S/c1-3-30-22(29)20-17-9-7-14(2)11-18(17)31-21(20)24-19(28)10-8-15-5-4-6-16(12-15)27-13-23-25-26-27/h4-6,8,10,12-14H,3,7,9,11H2,1-2H3,(H,24,28)/b10-8+. The molecule has 0 radical (unpaired) electrons. The Morgan fingerprint density at radius 1 is 1.39 bits per heavy atom. The molecule has 1 N–H and O–H groups in total. The first kappa shape index (κ1) is 20.9. The number of carbonyl (C=O) groups excluding carboxylic acids is 2. The number of fused-ring (bicyclic) bond motifs is 1. The van der Waals surface area contributed by atoms with Crippen LogP contribution in [0.5, 0.6) is 0 Å². The van der Waals surface area contributed by atoms with E-state index in [1.54, 1.807) is 17.7 Å². The summed E-state index contributed by atoms with van der Waals surface area (Å²) < 4.78 is 6.80. The molecule has 1 amide bonds. The van der Waals surface area contributed by atoms with Gasteiger partial charge in [-0.3, -0.25) is 4.79 Å². The van der Waals surface area contributed by atoms with E-state index in [4.69, 9.17) is 4.74 Å². The first-order valence-electron chi connectivity index (χ1n) is 10.2. The highest BCUT2D eigenvalue weighted by Gasteiger charge is 2.28. The van der Waals surface area contributed by atoms with E-state index in [1.165, 1.54) is 23.7 Å². The molecule has 0 saturated heterocycles. The van der Waals surface area contributed by atoms with Gasteiger partial charge in [-0.25, -0.2) is 9.48 Å². The van der Waals surface area contributed by atoms with E-state index < -0.39 is 0 Å². The van der Waals surface area contributed by atoms with Gasteiger partial charge in [0.2, 0.25) is 5.91 Å². The lowest BCUT2D eigenvalue weighted by molar-refractivity contribution is -0.111. The molecule has 1 aliphatic rings. The van der Waals surface area contributed by atoms with Gasteiger partial charge in [-0.1, -0.05) is 19.1 Å². The quantitative estimate of drug-likeness (QED) is 0.467. The maximum atomic E-state index is 12.6. The number of benzene rings is 1. The van der Waals surface area contributed by atoms with Crippen LogP contribution in [-0.4, -0.2) is 38.7 Å². The van der Waals surface area contributed by atoms with E-state index in [2.05, 4.69) is 27.8 Å². The summed E-state index contributed by atoms with van der Waals surface area (Å²) in [6.07, 6.45) is 7.45. The lowest BCUT2D eigenvalue weighted by Crippen LogP contribution is -2.15. The molecule has 2 aromatic heterocycles. The Hall–Kier alpha value is -3.33. The molecule has 1 atom stereocenters. The Morgan fingerprint density at radius 3 is 3.03 bits per heavy atom. The van der Waals surface area contributed by atoms with Crippen LogP contribution in [0.1, 0.15) is 46.6 Å². The van der Waals surface area contributed by atoms with Crippen molar-refractivity contribution in [1.29, 1.82) is 0 Å². The molecule has 0 fully saturated rings. The van der Waals surface area contributed by atoms with Crippen molar-refractivity contribution in [3.8, 4) is 5.69 Å². The van der Waals surface area contributed by atoms with Crippen molar-refractivity contribution in [3.05, 3.63) is 58.2 Å². The van der Waals surface area contributed by atoms with Crippen LogP contribution in [0.25, 0.3) is 11.8 Å². The van der Waals surface area contributed by atoms with Crippen molar-refractivity contribution in [2.75, 3.05) is 11.9 Å². The molecule has 0 saturated carbocycles. The minimum absolute atomic E-state index is 0.296. The van der Waals surface area contributed by atoms with Gasteiger partial charge in [0.25, 0.3) is 0 Å². The molecular formula is C22H23N5O3S. The van der Waals surface area contributed by atoms with Gasteiger partial charge in [-0.2, -0.15) is 0 Å². The zero-order valence-corrected chi connectivity index (χ0v) is 18.2. The molecule has 160 valence electrons. The lowest BCUT2D eigenvalue weighted by Gasteiger charge is -2.18. The van der Waals surface area contributed by atoms with Crippen molar-refractivity contribution in [2.24, 2.45) is 5.92 Å². The number of tetrazole rings is 1. The van der Waals surface area contributed by atoms with E-state index >= 15 is 0 Å². The molecule has 4 rings (SSSR count). The molecule has 1 aliphatic carbocycles. The van der Waals surface area contributed by atoms with Crippen LogP contribution in [0.4, 0.5) is 5.00 Å². The average molecular weight is 438 g/mol. The van der Waals surface area contributed by atoms with Gasteiger partial charge in [-0.15, -0.1) is 16.4 Å². The summed E-state index contributed by atoms with van der Waals surface area (Å²) in [5.41, 5.74) is 3.15. The zero-order chi connectivity index (χ0) is 21.8. The number of ether oxygens (including phenoxy) is 1. The third-order valence-electron chi connectivity index (χ3n) is 5.14. The maximum absolute atomic E-state index is 12.6. The van der Waals surface area contributed by atoms with E-state index in [-0.39, 0.29) is 11.9 Å². The summed E-state index contributed by atoms with van der Waals surface area (Å²) in [6.45, 7) is 4.28. The number of carbonyl (C=O) groups is 2. The van der Waals surface area contributed by atoms with Crippen molar-refractivity contribution in [2.45, 2.75) is 33.1 Å². The number of rotatable bonds is 6. The minimum Gasteiger partial charge on any atom is -0.462 e. The number of anilines is 1. The molecule has 31 heavy (non-hydrogen) atoms. The number of hydrogen-bond acceptors (Lipinski definition) is 7. The molecule has 0 spiro atoms. The van der Waals surface area contributed by atoms with Gasteiger partial charge < -0.3 is 10.1 Å². The van der Waals surface area contributed by atoms with Gasteiger partial charge in [0.15, 0.2) is 0 Å². The van der Waals surface area contributed by atoms with Gasteiger partial charge in [-0.05, 0) is 71.9 Å². The first-order valence-corrected chi connectivity index (χ1v) is 11.0. The summed E-state index contributed by atoms with van der Waals surface area (Å²) in [5, 5.41) is 14.6. The number of aromatic nitrogens is 4. The molecular weight excluding hydrogens is 414 g/mol. The molecule has 3 aromatic rings. The predicted molar refractivity (Wildman–Crippen MR) is 118 cm³/mol. The molecule has 1 aromatic carbocycles. The monoisotopic (exact) mass is 437 g/mol. The van der Waals surface area contributed by atoms with Gasteiger partial charge >= 0.3 is 5.97 Å². The topological polar surface area (TPSA) is 99.0 Å². The SMILES string of the molecule is CCOC(=O)c1c(NC(=O)/C=C/c2cccc(-n3cnnn3)c2)sc2c1CCC(C)C2. The summed E-state index contributed by atoms with van der Waals surface area (Å²) >= 11 is 1.48. The number of amides is 1. The zero-order valence-electron chi connectivity index (χ0n) is 17.4. The van der Waals surface area contributed by atoms with Crippen LogP contribution < -0.4 is 5.32 Å². The lowest BCUT2D eigenvalue weighted by atomic mass is 9.88. The van der Waals surface area contributed by atoms with Crippen molar-refractivity contribution < 1.29 is 14.3 Å².